The maximum Gasteiger partial charge on any atom is 0.272 e. The number of thiazole rings is 1. The molecule has 30 heavy (non-hydrogen) atoms. The molecular formula is C22H21N5O2S. The van der Waals surface area contributed by atoms with Gasteiger partial charge in [-0.3, -0.25) is 9.69 Å². The number of rotatable bonds is 6. The molecule has 0 unspecified atom stereocenters. The second kappa shape index (κ2) is 8.33. The molecule has 1 N–H and O–H groups in total. The number of likely N-dealkylation sites (tertiary alicyclic amines) is 1. The van der Waals surface area contributed by atoms with E-state index in [1.54, 1.807) is 12.5 Å². The van der Waals surface area contributed by atoms with E-state index < -0.39 is 0 Å². The fraction of sp³-hybridized carbons (Fsp3) is 0.273. The van der Waals surface area contributed by atoms with Gasteiger partial charge in [0.15, 0.2) is 5.69 Å². The summed E-state index contributed by atoms with van der Waals surface area (Å²) in [7, 11) is 0. The summed E-state index contributed by atoms with van der Waals surface area (Å²) in [6, 6.07) is 11.7. The van der Waals surface area contributed by atoms with Gasteiger partial charge in [0.05, 0.1) is 22.5 Å². The molecule has 8 heteroatoms. The summed E-state index contributed by atoms with van der Waals surface area (Å²) in [5, 5.41) is 3.73. The van der Waals surface area contributed by atoms with Gasteiger partial charge in [-0.05, 0) is 50.2 Å². The summed E-state index contributed by atoms with van der Waals surface area (Å²) < 4.78 is 6.70. The number of hydrogen-bond acceptors (Lipinski definition) is 7. The normalized spacial score (nSPS) is 15.5. The van der Waals surface area contributed by atoms with Crippen molar-refractivity contribution in [1.82, 2.24) is 25.2 Å². The number of carbonyl (C=O) groups is 1. The molecule has 1 fully saturated rings. The van der Waals surface area contributed by atoms with E-state index >= 15 is 0 Å². The highest BCUT2D eigenvalue weighted by atomic mass is 32.1. The standard InChI is InChI=1S/C22H21N5O2S/c28-21(25-14-16(17-7-5-13-29-17)27-11-3-4-12-27)19-20(24-10-9-23-19)22-26-15-6-1-2-8-18(15)30-22/h1-2,5-10,13,16H,3-4,11-12,14H2,(H,25,28)/t16-/m0/s1. The Bertz CT molecular complexity index is 1120. The van der Waals surface area contributed by atoms with Crippen molar-refractivity contribution < 1.29 is 9.21 Å². The van der Waals surface area contributed by atoms with Crippen LogP contribution in [-0.4, -0.2) is 45.4 Å². The van der Waals surface area contributed by atoms with Crippen molar-refractivity contribution in [2.75, 3.05) is 19.6 Å². The first-order valence-electron chi connectivity index (χ1n) is 10.0. The largest absolute Gasteiger partial charge is 0.468 e. The lowest BCUT2D eigenvalue weighted by molar-refractivity contribution is 0.0929. The molecule has 4 aromatic rings. The Hall–Kier alpha value is -3.10. The van der Waals surface area contributed by atoms with Gasteiger partial charge < -0.3 is 9.73 Å². The van der Waals surface area contributed by atoms with E-state index in [1.807, 2.05) is 36.4 Å². The predicted molar refractivity (Wildman–Crippen MR) is 115 cm³/mol. The molecule has 1 saturated heterocycles. The molecule has 0 saturated carbocycles. The third kappa shape index (κ3) is 3.71. The molecule has 1 amide bonds. The van der Waals surface area contributed by atoms with Gasteiger partial charge in [0.25, 0.3) is 5.91 Å². The van der Waals surface area contributed by atoms with Crippen molar-refractivity contribution in [2.24, 2.45) is 0 Å². The highest BCUT2D eigenvalue weighted by molar-refractivity contribution is 7.21. The number of nitrogens with zero attached hydrogens (tertiary/aromatic N) is 4. The van der Waals surface area contributed by atoms with Crippen LogP contribution in [0, 0.1) is 0 Å². The number of aromatic nitrogens is 3. The lowest BCUT2D eigenvalue weighted by atomic mass is 10.2. The number of carbonyl (C=O) groups excluding carboxylic acids is 1. The van der Waals surface area contributed by atoms with Crippen LogP contribution in [0.2, 0.25) is 0 Å². The second-order valence-electron chi connectivity index (χ2n) is 7.22. The summed E-state index contributed by atoms with van der Waals surface area (Å²) in [5.41, 5.74) is 1.68. The molecular weight excluding hydrogens is 398 g/mol. The van der Waals surface area contributed by atoms with Gasteiger partial charge in [-0.1, -0.05) is 12.1 Å². The van der Waals surface area contributed by atoms with Gasteiger partial charge in [-0.25, -0.2) is 15.0 Å². The Morgan fingerprint density at radius 3 is 2.77 bits per heavy atom. The molecule has 4 heterocycles. The number of benzene rings is 1. The first-order valence-corrected chi connectivity index (χ1v) is 10.8. The average molecular weight is 420 g/mol. The number of para-hydroxylation sites is 1. The molecule has 1 aromatic carbocycles. The minimum Gasteiger partial charge on any atom is -0.468 e. The maximum atomic E-state index is 13.1. The predicted octanol–water partition coefficient (Wildman–Crippen LogP) is 3.91. The summed E-state index contributed by atoms with van der Waals surface area (Å²) in [4.78, 5) is 28.8. The fourth-order valence-electron chi connectivity index (χ4n) is 3.85. The second-order valence-corrected chi connectivity index (χ2v) is 8.26. The smallest absolute Gasteiger partial charge is 0.272 e. The van der Waals surface area contributed by atoms with Crippen LogP contribution in [0.1, 0.15) is 35.1 Å². The third-order valence-electron chi connectivity index (χ3n) is 5.32. The molecule has 0 aliphatic carbocycles. The lowest BCUT2D eigenvalue weighted by Crippen LogP contribution is -2.37. The van der Waals surface area contributed by atoms with E-state index in [0.29, 0.717) is 17.2 Å². The maximum absolute atomic E-state index is 13.1. The molecule has 1 atom stereocenters. The van der Waals surface area contributed by atoms with Crippen LogP contribution in [0.25, 0.3) is 20.9 Å². The minimum absolute atomic E-state index is 0.00835. The molecule has 1 aliphatic rings. The number of fused-ring (bicyclic) bond motifs is 1. The number of nitrogens with one attached hydrogen (secondary N) is 1. The van der Waals surface area contributed by atoms with Crippen molar-refractivity contribution in [1.29, 1.82) is 0 Å². The summed E-state index contributed by atoms with van der Waals surface area (Å²) >= 11 is 1.51. The van der Waals surface area contributed by atoms with Crippen molar-refractivity contribution in [3.8, 4) is 10.7 Å². The van der Waals surface area contributed by atoms with E-state index in [-0.39, 0.29) is 17.6 Å². The van der Waals surface area contributed by atoms with Crippen LogP contribution in [0.15, 0.2) is 59.5 Å². The van der Waals surface area contributed by atoms with E-state index in [2.05, 4.69) is 25.2 Å². The molecule has 0 spiro atoms. The van der Waals surface area contributed by atoms with Gasteiger partial charge >= 0.3 is 0 Å². The van der Waals surface area contributed by atoms with Gasteiger partial charge in [0.1, 0.15) is 16.5 Å². The van der Waals surface area contributed by atoms with E-state index in [4.69, 9.17) is 4.42 Å². The molecule has 7 nitrogen and oxygen atoms in total. The van der Waals surface area contributed by atoms with Crippen LogP contribution in [0.4, 0.5) is 0 Å². The van der Waals surface area contributed by atoms with Crippen LogP contribution < -0.4 is 5.32 Å². The number of furan rings is 1. The molecule has 3 aromatic heterocycles. The van der Waals surface area contributed by atoms with Crippen LogP contribution in [0.5, 0.6) is 0 Å². The van der Waals surface area contributed by atoms with Crippen molar-refractivity contribution in [3.05, 3.63) is 66.5 Å². The quantitative estimate of drug-likeness (QED) is 0.510. The Morgan fingerprint density at radius 2 is 1.97 bits per heavy atom. The van der Waals surface area contributed by atoms with Crippen molar-refractivity contribution >= 4 is 27.5 Å². The lowest BCUT2D eigenvalue weighted by Gasteiger charge is -2.26. The summed E-state index contributed by atoms with van der Waals surface area (Å²) in [5.74, 6) is 0.607. The van der Waals surface area contributed by atoms with Crippen molar-refractivity contribution in [3.63, 3.8) is 0 Å². The number of hydrogen-bond donors (Lipinski definition) is 1. The minimum atomic E-state index is -0.256. The van der Waals surface area contributed by atoms with Crippen LogP contribution in [0.3, 0.4) is 0 Å². The van der Waals surface area contributed by atoms with Gasteiger partial charge in [0.2, 0.25) is 0 Å². The number of amides is 1. The summed E-state index contributed by atoms with van der Waals surface area (Å²) in [6.45, 7) is 2.45. The Morgan fingerprint density at radius 1 is 1.13 bits per heavy atom. The summed E-state index contributed by atoms with van der Waals surface area (Å²) in [6.07, 6.45) is 7.13. The van der Waals surface area contributed by atoms with Gasteiger partial charge in [-0.15, -0.1) is 11.3 Å². The zero-order valence-electron chi connectivity index (χ0n) is 16.3. The highest BCUT2D eigenvalue weighted by Crippen LogP contribution is 2.30. The third-order valence-corrected chi connectivity index (χ3v) is 6.36. The first-order chi connectivity index (χ1) is 14.8. The zero-order valence-corrected chi connectivity index (χ0v) is 17.1. The van der Waals surface area contributed by atoms with Crippen LogP contribution >= 0.6 is 11.3 Å². The molecule has 0 radical (unpaired) electrons. The average Bonchev–Trinajstić information content (AvgIpc) is 3.55. The van der Waals surface area contributed by atoms with E-state index in [9.17, 15) is 4.79 Å². The van der Waals surface area contributed by atoms with Crippen molar-refractivity contribution in [2.45, 2.75) is 18.9 Å². The Balaban J connectivity index is 1.38. The molecule has 1 aliphatic heterocycles. The monoisotopic (exact) mass is 419 g/mol. The first kappa shape index (κ1) is 18.9. The molecule has 0 bridgehead atoms. The Kier molecular flexibility index (Phi) is 5.25. The zero-order chi connectivity index (χ0) is 20.3. The van der Waals surface area contributed by atoms with E-state index in [1.165, 1.54) is 17.5 Å². The molecule has 5 rings (SSSR count). The highest BCUT2D eigenvalue weighted by Gasteiger charge is 2.27. The fourth-order valence-corrected chi connectivity index (χ4v) is 4.81. The van der Waals surface area contributed by atoms with Crippen LogP contribution in [-0.2, 0) is 0 Å². The molecule has 152 valence electrons. The topological polar surface area (TPSA) is 84.2 Å². The van der Waals surface area contributed by atoms with Gasteiger partial charge in [0, 0.05) is 18.9 Å². The van der Waals surface area contributed by atoms with Gasteiger partial charge in [-0.2, -0.15) is 0 Å². The SMILES string of the molecule is O=C(NC[C@@H](c1ccco1)N1CCCC1)c1nccnc1-c1nc2ccccc2s1. The Labute approximate surface area is 177 Å². The van der Waals surface area contributed by atoms with E-state index in [0.717, 1.165) is 41.9 Å².